The van der Waals surface area contributed by atoms with Crippen LogP contribution in [-0.2, 0) is 4.74 Å². The van der Waals surface area contributed by atoms with Gasteiger partial charge in [0.2, 0.25) is 0 Å². The lowest BCUT2D eigenvalue weighted by atomic mass is 10.2. The molecule has 82 valence electrons. The Bertz CT molecular complexity index is 196. The first kappa shape index (κ1) is 11.3. The molecule has 0 aromatic heterocycles. The Morgan fingerprint density at radius 2 is 1.86 bits per heavy atom. The molecule has 0 aromatic rings. The summed E-state index contributed by atoms with van der Waals surface area (Å²) in [4.78, 5) is 13.5. The summed E-state index contributed by atoms with van der Waals surface area (Å²) in [6.45, 7) is 9.28. The van der Waals surface area contributed by atoms with Crippen molar-refractivity contribution in [2.45, 2.75) is 45.9 Å². The van der Waals surface area contributed by atoms with Gasteiger partial charge in [0.1, 0.15) is 0 Å². The van der Waals surface area contributed by atoms with Crippen LogP contribution in [0, 0.1) is 0 Å². The second kappa shape index (κ2) is 4.64. The van der Waals surface area contributed by atoms with E-state index in [9.17, 15) is 4.79 Å². The van der Waals surface area contributed by atoms with E-state index >= 15 is 0 Å². The molecule has 0 saturated carbocycles. The van der Waals surface area contributed by atoms with E-state index in [4.69, 9.17) is 4.74 Å². The van der Waals surface area contributed by atoms with E-state index in [-0.39, 0.29) is 24.3 Å². The van der Waals surface area contributed by atoms with E-state index in [1.54, 1.807) is 0 Å². The third-order valence-corrected chi connectivity index (χ3v) is 2.12. The smallest absolute Gasteiger partial charge is 0.317 e. The van der Waals surface area contributed by atoms with E-state index in [1.165, 1.54) is 0 Å². The summed E-state index contributed by atoms with van der Waals surface area (Å²) in [6, 6.07) is 0.206. The number of urea groups is 1. The summed E-state index contributed by atoms with van der Waals surface area (Å²) in [5.41, 5.74) is 0. The Morgan fingerprint density at radius 1 is 1.36 bits per heavy atom. The summed E-state index contributed by atoms with van der Waals surface area (Å²) >= 11 is 0. The van der Waals surface area contributed by atoms with E-state index < -0.39 is 0 Å². The van der Waals surface area contributed by atoms with Crippen LogP contribution in [0.15, 0.2) is 0 Å². The maximum Gasteiger partial charge on any atom is 0.317 e. The van der Waals surface area contributed by atoms with Gasteiger partial charge in [-0.2, -0.15) is 0 Å². The molecule has 4 heteroatoms. The molecule has 1 rings (SSSR count). The van der Waals surface area contributed by atoms with Crippen LogP contribution in [-0.4, -0.2) is 42.3 Å². The average molecular weight is 200 g/mol. The summed E-state index contributed by atoms with van der Waals surface area (Å²) in [5.74, 6) is 0. The number of carbonyl (C=O) groups is 1. The van der Waals surface area contributed by atoms with Gasteiger partial charge in [-0.05, 0) is 27.7 Å². The number of amides is 2. The molecule has 1 fully saturated rings. The molecule has 0 aliphatic carbocycles. The lowest BCUT2D eigenvalue weighted by molar-refractivity contribution is -0.0546. The first-order valence-corrected chi connectivity index (χ1v) is 5.20. The van der Waals surface area contributed by atoms with Crippen LogP contribution in [0.2, 0.25) is 0 Å². The van der Waals surface area contributed by atoms with Crippen LogP contribution < -0.4 is 5.32 Å². The summed E-state index contributed by atoms with van der Waals surface area (Å²) in [6.07, 6.45) is 0.272. The number of hydrogen-bond donors (Lipinski definition) is 1. The van der Waals surface area contributed by atoms with Gasteiger partial charge in [-0.3, -0.25) is 0 Å². The minimum atomic E-state index is 0.0157. The van der Waals surface area contributed by atoms with Crippen molar-refractivity contribution in [3.05, 3.63) is 0 Å². The molecule has 1 heterocycles. The fourth-order valence-electron chi connectivity index (χ4n) is 1.68. The number of hydrogen-bond acceptors (Lipinski definition) is 2. The highest BCUT2D eigenvalue weighted by Crippen LogP contribution is 2.10. The molecule has 2 amide bonds. The summed E-state index contributed by atoms with van der Waals surface area (Å²) in [5, 5.41) is 2.88. The molecule has 1 aliphatic rings. The van der Waals surface area contributed by atoms with Gasteiger partial charge in [0.25, 0.3) is 0 Å². The Kier molecular flexibility index (Phi) is 3.75. The number of morpholine rings is 1. The standard InChI is InChI=1S/C10H20N2O2/c1-7(2)11-10(13)12-5-8(3)14-9(4)6-12/h7-9H,5-6H2,1-4H3,(H,11,13)/t8-,9-/m0/s1. The second-order valence-corrected chi connectivity index (χ2v) is 4.27. The Hall–Kier alpha value is -0.770. The van der Waals surface area contributed by atoms with Gasteiger partial charge in [0.05, 0.1) is 12.2 Å². The molecule has 0 spiro atoms. The first-order valence-electron chi connectivity index (χ1n) is 5.20. The van der Waals surface area contributed by atoms with E-state index in [0.717, 1.165) is 0 Å². The molecule has 1 aliphatic heterocycles. The fraction of sp³-hybridized carbons (Fsp3) is 0.900. The first-order chi connectivity index (χ1) is 6.49. The van der Waals surface area contributed by atoms with Crippen molar-refractivity contribution in [1.29, 1.82) is 0 Å². The zero-order chi connectivity index (χ0) is 10.7. The summed E-state index contributed by atoms with van der Waals surface area (Å²) < 4.78 is 5.55. The molecule has 1 saturated heterocycles. The minimum absolute atomic E-state index is 0.0157. The Balaban J connectivity index is 2.46. The predicted molar refractivity (Wildman–Crippen MR) is 55.2 cm³/mol. The van der Waals surface area contributed by atoms with Gasteiger partial charge in [-0.1, -0.05) is 0 Å². The lowest BCUT2D eigenvalue weighted by Crippen LogP contribution is -2.52. The van der Waals surface area contributed by atoms with Crippen LogP contribution >= 0.6 is 0 Å². The highest BCUT2D eigenvalue weighted by atomic mass is 16.5. The van der Waals surface area contributed by atoms with Crippen LogP contribution in [0.4, 0.5) is 4.79 Å². The molecular weight excluding hydrogens is 180 g/mol. The Morgan fingerprint density at radius 3 is 2.29 bits per heavy atom. The van der Waals surface area contributed by atoms with Crippen molar-refractivity contribution in [3.8, 4) is 0 Å². The van der Waals surface area contributed by atoms with Crippen LogP contribution in [0.3, 0.4) is 0 Å². The number of nitrogens with zero attached hydrogens (tertiary/aromatic N) is 1. The van der Waals surface area contributed by atoms with E-state index in [1.807, 2.05) is 32.6 Å². The van der Waals surface area contributed by atoms with Gasteiger partial charge < -0.3 is 15.0 Å². The molecule has 0 unspecified atom stereocenters. The van der Waals surface area contributed by atoms with Crippen molar-refractivity contribution in [3.63, 3.8) is 0 Å². The van der Waals surface area contributed by atoms with E-state index in [2.05, 4.69) is 5.32 Å². The number of carbonyl (C=O) groups excluding carboxylic acids is 1. The van der Waals surface area contributed by atoms with Gasteiger partial charge in [-0.15, -0.1) is 0 Å². The number of rotatable bonds is 1. The number of nitrogens with one attached hydrogen (secondary N) is 1. The van der Waals surface area contributed by atoms with Gasteiger partial charge in [0.15, 0.2) is 0 Å². The Labute approximate surface area is 85.6 Å². The lowest BCUT2D eigenvalue weighted by Gasteiger charge is -2.35. The maximum absolute atomic E-state index is 11.7. The van der Waals surface area contributed by atoms with Crippen LogP contribution in [0.5, 0.6) is 0 Å². The summed E-state index contributed by atoms with van der Waals surface area (Å²) in [7, 11) is 0. The maximum atomic E-state index is 11.7. The van der Waals surface area contributed by atoms with Crippen LogP contribution in [0.1, 0.15) is 27.7 Å². The van der Waals surface area contributed by atoms with E-state index in [0.29, 0.717) is 13.1 Å². The molecule has 14 heavy (non-hydrogen) atoms. The molecule has 0 radical (unpaired) electrons. The van der Waals surface area contributed by atoms with Gasteiger partial charge >= 0.3 is 6.03 Å². The zero-order valence-electron chi connectivity index (χ0n) is 9.41. The topological polar surface area (TPSA) is 41.6 Å². The minimum Gasteiger partial charge on any atom is -0.372 e. The quantitative estimate of drug-likeness (QED) is 0.691. The molecule has 4 nitrogen and oxygen atoms in total. The van der Waals surface area contributed by atoms with Crippen molar-refractivity contribution < 1.29 is 9.53 Å². The SMILES string of the molecule is CC(C)NC(=O)N1C[C@H](C)O[C@@H](C)C1. The third kappa shape index (κ3) is 3.18. The largest absolute Gasteiger partial charge is 0.372 e. The van der Waals surface area contributed by atoms with Crippen molar-refractivity contribution >= 4 is 6.03 Å². The van der Waals surface area contributed by atoms with Crippen LogP contribution in [0.25, 0.3) is 0 Å². The molecule has 1 N–H and O–H groups in total. The fourth-order valence-corrected chi connectivity index (χ4v) is 1.68. The van der Waals surface area contributed by atoms with Crippen molar-refractivity contribution in [1.82, 2.24) is 10.2 Å². The average Bonchev–Trinajstić information content (AvgIpc) is 2.00. The molecule has 2 atom stereocenters. The molecular formula is C10H20N2O2. The van der Waals surface area contributed by atoms with Crippen molar-refractivity contribution in [2.24, 2.45) is 0 Å². The monoisotopic (exact) mass is 200 g/mol. The normalized spacial score (nSPS) is 27.9. The molecule has 0 aromatic carbocycles. The van der Waals surface area contributed by atoms with Gasteiger partial charge in [0, 0.05) is 19.1 Å². The van der Waals surface area contributed by atoms with Crippen molar-refractivity contribution in [2.75, 3.05) is 13.1 Å². The third-order valence-electron chi connectivity index (χ3n) is 2.12. The highest BCUT2D eigenvalue weighted by molar-refractivity contribution is 5.74. The number of ether oxygens (including phenoxy) is 1. The highest BCUT2D eigenvalue weighted by Gasteiger charge is 2.25. The second-order valence-electron chi connectivity index (χ2n) is 4.27. The zero-order valence-corrected chi connectivity index (χ0v) is 9.41. The predicted octanol–water partition coefficient (Wildman–Crippen LogP) is 1.21. The molecule has 0 bridgehead atoms. The van der Waals surface area contributed by atoms with Gasteiger partial charge in [-0.25, -0.2) is 4.79 Å².